The molecule has 0 amide bonds. The van der Waals surface area contributed by atoms with E-state index in [1.54, 1.807) is 12.1 Å². The second-order valence-corrected chi connectivity index (χ2v) is 4.72. The van der Waals surface area contributed by atoms with Gasteiger partial charge in [0.15, 0.2) is 5.57 Å². The molecule has 0 saturated heterocycles. The van der Waals surface area contributed by atoms with Gasteiger partial charge in [0.05, 0.1) is 0 Å². The van der Waals surface area contributed by atoms with E-state index in [-0.39, 0.29) is 11.3 Å². The van der Waals surface area contributed by atoms with Crippen LogP contribution < -0.4 is 5.32 Å². The Morgan fingerprint density at radius 3 is 2.14 bits per heavy atom. The molecule has 0 fully saturated rings. The lowest BCUT2D eigenvalue weighted by Crippen LogP contribution is -2.00. The van der Waals surface area contributed by atoms with E-state index < -0.39 is 0 Å². The molecular formula is C17H18N4. The Bertz CT molecular complexity index is 590. The van der Waals surface area contributed by atoms with Crippen LogP contribution in [0.3, 0.4) is 0 Å². The van der Waals surface area contributed by atoms with Crippen LogP contribution in [0.1, 0.15) is 38.2 Å². The minimum atomic E-state index is -0.207. The molecule has 106 valence electrons. The lowest BCUT2D eigenvalue weighted by molar-refractivity contribution is 0.667. The summed E-state index contributed by atoms with van der Waals surface area (Å²) in [5, 5.41) is 29.3. The molecule has 0 atom stereocenters. The number of nitrogens with zero attached hydrogens (tertiary/aromatic N) is 3. The van der Waals surface area contributed by atoms with Gasteiger partial charge < -0.3 is 5.32 Å². The molecule has 4 nitrogen and oxygen atoms in total. The maximum atomic E-state index is 8.97. The lowest BCUT2D eigenvalue weighted by Gasteiger charge is -2.06. The van der Waals surface area contributed by atoms with Crippen LogP contribution in [0, 0.1) is 34.0 Å². The summed E-state index contributed by atoms with van der Waals surface area (Å²) in [6.45, 7) is 2.19. The summed E-state index contributed by atoms with van der Waals surface area (Å²) in [7, 11) is 0. The van der Waals surface area contributed by atoms with Gasteiger partial charge in [-0.05, 0) is 30.5 Å². The SMILES string of the molecule is CCCCCCc1ccc(NC(C#N)=C(C#N)C#N)cc1. The highest BCUT2D eigenvalue weighted by Crippen LogP contribution is 2.15. The summed E-state index contributed by atoms with van der Waals surface area (Å²) in [4.78, 5) is 0. The summed E-state index contributed by atoms with van der Waals surface area (Å²) in [6.07, 6.45) is 5.96. The number of benzene rings is 1. The average Bonchev–Trinajstić information content (AvgIpc) is 2.53. The minimum Gasteiger partial charge on any atom is -0.345 e. The van der Waals surface area contributed by atoms with Crippen molar-refractivity contribution in [3.63, 3.8) is 0 Å². The second-order valence-electron chi connectivity index (χ2n) is 4.72. The third-order valence-corrected chi connectivity index (χ3v) is 3.13. The van der Waals surface area contributed by atoms with Crippen LogP contribution in [0.2, 0.25) is 0 Å². The maximum absolute atomic E-state index is 8.97. The van der Waals surface area contributed by atoms with Gasteiger partial charge in [-0.2, -0.15) is 15.8 Å². The molecule has 0 radical (unpaired) electrons. The third kappa shape index (κ3) is 5.39. The Balaban J connectivity index is 2.67. The van der Waals surface area contributed by atoms with Crippen molar-refractivity contribution in [1.82, 2.24) is 0 Å². The highest BCUT2D eigenvalue weighted by Gasteiger charge is 2.05. The molecule has 0 aliphatic rings. The number of hydrogen-bond acceptors (Lipinski definition) is 4. The predicted octanol–water partition coefficient (Wildman–Crippen LogP) is 4.05. The first-order valence-electron chi connectivity index (χ1n) is 7.05. The van der Waals surface area contributed by atoms with Crippen LogP contribution in [0.4, 0.5) is 5.69 Å². The second kappa shape index (κ2) is 9.18. The number of unbranched alkanes of at least 4 members (excludes halogenated alkanes) is 3. The zero-order valence-electron chi connectivity index (χ0n) is 12.2. The van der Waals surface area contributed by atoms with E-state index in [0.29, 0.717) is 5.69 Å². The third-order valence-electron chi connectivity index (χ3n) is 3.13. The molecule has 1 rings (SSSR count). The van der Waals surface area contributed by atoms with Crippen LogP contribution in [-0.2, 0) is 6.42 Å². The lowest BCUT2D eigenvalue weighted by atomic mass is 10.1. The molecule has 1 N–H and O–H groups in total. The number of allylic oxidation sites excluding steroid dienone is 2. The van der Waals surface area contributed by atoms with Gasteiger partial charge in [-0.3, -0.25) is 0 Å². The first-order chi connectivity index (χ1) is 10.2. The molecule has 0 bridgehead atoms. The van der Waals surface area contributed by atoms with Gasteiger partial charge in [-0.1, -0.05) is 38.3 Å². The zero-order valence-corrected chi connectivity index (χ0v) is 12.2. The monoisotopic (exact) mass is 278 g/mol. The smallest absolute Gasteiger partial charge is 0.163 e. The molecule has 1 aromatic rings. The number of nitrogens with one attached hydrogen (secondary N) is 1. The van der Waals surface area contributed by atoms with Gasteiger partial charge in [0.25, 0.3) is 0 Å². The molecule has 0 heterocycles. The summed E-state index contributed by atoms with van der Waals surface area (Å²) in [5.41, 5.74) is 1.73. The van der Waals surface area contributed by atoms with Gasteiger partial charge in [0, 0.05) is 5.69 Å². The van der Waals surface area contributed by atoms with Gasteiger partial charge in [-0.15, -0.1) is 0 Å². The predicted molar refractivity (Wildman–Crippen MR) is 81.8 cm³/mol. The Hall–Kier alpha value is -2.77. The molecule has 0 aliphatic carbocycles. The van der Waals surface area contributed by atoms with Crippen molar-refractivity contribution in [1.29, 1.82) is 15.8 Å². The fourth-order valence-corrected chi connectivity index (χ4v) is 1.94. The Morgan fingerprint density at radius 1 is 0.952 bits per heavy atom. The van der Waals surface area contributed by atoms with Crippen molar-refractivity contribution in [3.8, 4) is 18.2 Å². The number of rotatable bonds is 7. The van der Waals surface area contributed by atoms with E-state index in [9.17, 15) is 0 Å². The van der Waals surface area contributed by atoms with Crippen molar-refractivity contribution in [3.05, 3.63) is 41.1 Å². The summed E-state index contributed by atoms with van der Waals surface area (Å²) in [5.74, 6) is 0. The maximum Gasteiger partial charge on any atom is 0.163 e. The summed E-state index contributed by atoms with van der Waals surface area (Å²) in [6, 6.07) is 13.0. The van der Waals surface area contributed by atoms with Crippen molar-refractivity contribution in [2.75, 3.05) is 5.32 Å². The Kier molecular flexibility index (Phi) is 7.12. The number of nitriles is 3. The molecule has 21 heavy (non-hydrogen) atoms. The molecule has 0 spiro atoms. The molecule has 0 aromatic heterocycles. The van der Waals surface area contributed by atoms with E-state index in [0.717, 1.165) is 6.42 Å². The fourth-order valence-electron chi connectivity index (χ4n) is 1.94. The van der Waals surface area contributed by atoms with E-state index in [1.165, 1.54) is 31.2 Å². The van der Waals surface area contributed by atoms with Crippen LogP contribution >= 0.6 is 0 Å². The van der Waals surface area contributed by atoms with E-state index in [1.807, 2.05) is 30.3 Å². The van der Waals surface area contributed by atoms with Crippen LogP contribution in [0.25, 0.3) is 0 Å². The summed E-state index contributed by atoms with van der Waals surface area (Å²) >= 11 is 0. The molecule has 0 aliphatic heterocycles. The fraction of sp³-hybridized carbons (Fsp3) is 0.353. The van der Waals surface area contributed by atoms with Crippen molar-refractivity contribution < 1.29 is 0 Å². The van der Waals surface area contributed by atoms with Gasteiger partial charge in [0.2, 0.25) is 0 Å². The zero-order chi connectivity index (χ0) is 15.5. The quantitative estimate of drug-likeness (QED) is 0.602. The first-order valence-corrected chi connectivity index (χ1v) is 7.05. The molecule has 0 saturated carbocycles. The highest BCUT2D eigenvalue weighted by molar-refractivity contribution is 5.58. The average molecular weight is 278 g/mol. The largest absolute Gasteiger partial charge is 0.345 e. The normalized spacial score (nSPS) is 9.05. The molecule has 4 heteroatoms. The van der Waals surface area contributed by atoms with Crippen molar-refractivity contribution in [2.45, 2.75) is 39.0 Å². The van der Waals surface area contributed by atoms with E-state index >= 15 is 0 Å². The van der Waals surface area contributed by atoms with Crippen LogP contribution in [0.5, 0.6) is 0 Å². The molecule has 0 unspecified atom stereocenters. The highest BCUT2D eigenvalue weighted by atomic mass is 14.9. The first kappa shape index (κ1) is 16.3. The number of aryl methyl sites for hydroxylation is 1. The minimum absolute atomic E-state index is 0.0179. The number of hydrogen-bond donors (Lipinski definition) is 1. The standard InChI is InChI=1S/C17H18N4/c1-2-3-4-5-6-14-7-9-16(10-8-14)21-17(13-20)15(11-18)12-19/h7-10,21H,2-6H2,1H3. The van der Waals surface area contributed by atoms with Gasteiger partial charge in [-0.25, -0.2) is 0 Å². The topological polar surface area (TPSA) is 83.4 Å². The van der Waals surface area contributed by atoms with E-state index in [2.05, 4.69) is 12.2 Å². The van der Waals surface area contributed by atoms with Gasteiger partial charge >= 0.3 is 0 Å². The number of anilines is 1. The Morgan fingerprint density at radius 2 is 1.62 bits per heavy atom. The molecular weight excluding hydrogens is 260 g/mol. The molecule has 1 aromatic carbocycles. The van der Waals surface area contributed by atoms with Crippen LogP contribution in [0.15, 0.2) is 35.5 Å². The Labute approximate surface area is 125 Å². The summed E-state index contributed by atoms with van der Waals surface area (Å²) < 4.78 is 0. The van der Waals surface area contributed by atoms with Crippen molar-refractivity contribution in [2.24, 2.45) is 0 Å². The van der Waals surface area contributed by atoms with Crippen molar-refractivity contribution >= 4 is 5.69 Å². The van der Waals surface area contributed by atoms with E-state index in [4.69, 9.17) is 15.8 Å². The van der Waals surface area contributed by atoms with Gasteiger partial charge in [0.1, 0.15) is 23.9 Å². The van der Waals surface area contributed by atoms with Crippen LogP contribution in [-0.4, -0.2) is 0 Å².